The van der Waals surface area contributed by atoms with E-state index in [2.05, 4.69) is 36.5 Å². The maximum Gasteiger partial charge on any atom is 0.242 e. The molecule has 0 aliphatic rings. The molecule has 1 N–H and O–H groups in total. The van der Waals surface area contributed by atoms with Crippen LogP contribution in [0.5, 0.6) is 0 Å². The van der Waals surface area contributed by atoms with Crippen molar-refractivity contribution in [1.29, 1.82) is 0 Å². The van der Waals surface area contributed by atoms with Gasteiger partial charge in [-0.2, -0.15) is 0 Å². The van der Waals surface area contributed by atoms with Gasteiger partial charge in [0.25, 0.3) is 0 Å². The minimum Gasteiger partial charge on any atom is -0.352 e. The summed E-state index contributed by atoms with van der Waals surface area (Å²) < 4.78 is 0. The van der Waals surface area contributed by atoms with Gasteiger partial charge in [-0.25, -0.2) is 0 Å². The Bertz CT molecular complexity index is 812. The molecule has 0 aliphatic heterocycles. The summed E-state index contributed by atoms with van der Waals surface area (Å²) in [7, 11) is 0. The summed E-state index contributed by atoms with van der Waals surface area (Å²) in [5, 5.41) is 3.01. The Morgan fingerprint density at radius 1 is 0.900 bits per heavy atom. The molecule has 0 heterocycles. The van der Waals surface area contributed by atoms with Crippen LogP contribution in [0.15, 0.2) is 48.5 Å². The molecule has 0 spiro atoms. The zero-order valence-electron chi connectivity index (χ0n) is 19.1. The number of amides is 2. The fourth-order valence-corrected chi connectivity index (χ4v) is 3.27. The van der Waals surface area contributed by atoms with Crippen molar-refractivity contribution >= 4 is 11.8 Å². The third-order valence-electron chi connectivity index (χ3n) is 5.70. The smallest absolute Gasteiger partial charge is 0.242 e. The highest BCUT2D eigenvalue weighted by molar-refractivity contribution is 5.87. The normalized spacial score (nSPS) is 12.8. The Morgan fingerprint density at radius 3 is 2.03 bits per heavy atom. The second kappa shape index (κ2) is 11.5. The maximum absolute atomic E-state index is 13.2. The summed E-state index contributed by atoms with van der Waals surface area (Å²) in [5.41, 5.74) is 4.65. The molecular weight excluding hydrogens is 372 g/mol. The quantitative estimate of drug-likeness (QED) is 0.613. The molecule has 2 amide bonds. The molecule has 2 atom stereocenters. The average Bonchev–Trinajstić information content (AvgIpc) is 2.76. The van der Waals surface area contributed by atoms with Gasteiger partial charge in [-0.1, -0.05) is 67.9 Å². The van der Waals surface area contributed by atoms with Gasteiger partial charge in [0, 0.05) is 19.0 Å². The molecule has 0 aliphatic carbocycles. The number of rotatable bonds is 10. The predicted octanol–water partition coefficient (Wildman–Crippen LogP) is 4.82. The van der Waals surface area contributed by atoms with Crippen LogP contribution < -0.4 is 5.32 Å². The Hall–Kier alpha value is -2.62. The molecule has 0 bridgehead atoms. The zero-order chi connectivity index (χ0) is 22.1. The third kappa shape index (κ3) is 7.01. The van der Waals surface area contributed by atoms with E-state index >= 15 is 0 Å². The minimum absolute atomic E-state index is 0.00180. The van der Waals surface area contributed by atoms with Crippen LogP contribution in [0.1, 0.15) is 62.8 Å². The molecular formula is C26H36N2O2. The summed E-state index contributed by atoms with van der Waals surface area (Å²) in [6.45, 7) is 10.4. The number of hydrogen-bond donors (Lipinski definition) is 1. The first-order chi connectivity index (χ1) is 14.3. The second-order valence-electron chi connectivity index (χ2n) is 8.17. The number of hydrogen-bond acceptors (Lipinski definition) is 2. The molecule has 162 valence electrons. The molecule has 2 aromatic carbocycles. The summed E-state index contributed by atoms with van der Waals surface area (Å²) in [6, 6.07) is 16.1. The largest absolute Gasteiger partial charge is 0.352 e. The first-order valence-corrected chi connectivity index (χ1v) is 11.1. The van der Waals surface area contributed by atoms with Crippen molar-refractivity contribution < 1.29 is 9.59 Å². The lowest BCUT2D eigenvalue weighted by atomic mass is 10.0. The molecule has 2 unspecified atom stereocenters. The van der Waals surface area contributed by atoms with E-state index in [0.717, 1.165) is 24.0 Å². The van der Waals surface area contributed by atoms with E-state index < -0.39 is 6.04 Å². The van der Waals surface area contributed by atoms with Crippen molar-refractivity contribution in [1.82, 2.24) is 10.2 Å². The first-order valence-electron chi connectivity index (χ1n) is 11.1. The molecule has 4 heteroatoms. The van der Waals surface area contributed by atoms with Gasteiger partial charge in [-0.3, -0.25) is 9.59 Å². The van der Waals surface area contributed by atoms with Crippen LogP contribution in [0, 0.1) is 6.92 Å². The highest BCUT2D eigenvalue weighted by Gasteiger charge is 2.26. The minimum atomic E-state index is -0.518. The van der Waals surface area contributed by atoms with Crippen molar-refractivity contribution in [3.05, 3.63) is 70.8 Å². The number of nitrogens with one attached hydrogen (secondary N) is 1. The summed E-state index contributed by atoms with van der Waals surface area (Å²) >= 11 is 0. The Kier molecular flexibility index (Phi) is 9.10. The van der Waals surface area contributed by atoms with Crippen LogP contribution >= 0.6 is 0 Å². The lowest BCUT2D eigenvalue weighted by Crippen LogP contribution is -2.49. The van der Waals surface area contributed by atoms with Gasteiger partial charge >= 0.3 is 0 Å². The van der Waals surface area contributed by atoms with Gasteiger partial charge in [0.2, 0.25) is 11.8 Å². The number of carbonyl (C=O) groups is 2. The summed E-state index contributed by atoms with van der Waals surface area (Å²) in [4.78, 5) is 27.6. The lowest BCUT2D eigenvalue weighted by Gasteiger charge is -2.30. The fraction of sp³-hybridized carbons (Fsp3) is 0.462. The van der Waals surface area contributed by atoms with Crippen LogP contribution in [-0.2, 0) is 29.0 Å². The molecule has 0 fully saturated rings. The summed E-state index contributed by atoms with van der Waals surface area (Å²) in [6.07, 6.45) is 2.93. The van der Waals surface area contributed by atoms with Gasteiger partial charge in [-0.15, -0.1) is 0 Å². The number of nitrogens with zero attached hydrogens (tertiary/aromatic N) is 1. The zero-order valence-corrected chi connectivity index (χ0v) is 19.1. The van der Waals surface area contributed by atoms with E-state index in [1.54, 1.807) is 4.90 Å². The van der Waals surface area contributed by atoms with Crippen LogP contribution in [0.4, 0.5) is 0 Å². The number of aryl methyl sites for hydroxylation is 3. The molecule has 30 heavy (non-hydrogen) atoms. The molecule has 0 aromatic heterocycles. The fourth-order valence-electron chi connectivity index (χ4n) is 3.27. The SMILES string of the molecule is CCc1ccc(CCC(=O)N(Cc2ccc(C)cc2)C(C)C(=O)NC(C)CC)cc1. The van der Waals surface area contributed by atoms with Crippen molar-refractivity contribution in [2.45, 2.75) is 78.9 Å². The summed E-state index contributed by atoms with van der Waals surface area (Å²) in [5.74, 6) is -0.0981. The topological polar surface area (TPSA) is 49.4 Å². The molecule has 2 aromatic rings. The van der Waals surface area contributed by atoms with Gasteiger partial charge < -0.3 is 10.2 Å². The molecule has 0 radical (unpaired) electrons. The monoisotopic (exact) mass is 408 g/mol. The molecule has 0 saturated heterocycles. The van der Waals surface area contributed by atoms with Gasteiger partial charge in [-0.05, 0) is 56.7 Å². The predicted molar refractivity (Wildman–Crippen MR) is 123 cm³/mol. The lowest BCUT2D eigenvalue weighted by molar-refractivity contribution is -0.140. The van der Waals surface area contributed by atoms with E-state index in [-0.39, 0.29) is 17.9 Å². The second-order valence-corrected chi connectivity index (χ2v) is 8.17. The van der Waals surface area contributed by atoms with E-state index in [1.807, 2.05) is 52.0 Å². The van der Waals surface area contributed by atoms with Crippen LogP contribution in [-0.4, -0.2) is 28.8 Å². The van der Waals surface area contributed by atoms with Crippen molar-refractivity contribution in [3.8, 4) is 0 Å². The van der Waals surface area contributed by atoms with Crippen LogP contribution in [0.2, 0.25) is 0 Å². The van der Waals surface area contributed by atoms with Crippen LogP contribution in [0.3, 0.4) is 0 Å². The Labute approximate surface area is 181 Å². The molecule has 4 nitrogen and oxygen atoms in total. The highest BCUT2D eigenvalue weighted by Crippen LogP contribution is 2.14. The van der Waals surface area contributed by atoms with Gasteiger partial charge in [0.05, 0.1) is 0 Å². The van der Waals surface area contributed by atoms with Gasteiger partial charge in [0.1, 0.15) is 6.04 Å². The van der Waals surface area contributed by atoms with E-state index in [1.165, 1.54) is 11.1 Å². The Balaban J connectivity index is 2.12. The standard InChI is InChI=1S/C26H36N2O2/c1-6-20(4)27-26(30)21(5)28(18-24-10-8-19(3)9-11-24)25(29)17-16-23-14-12-22(7-2)13-15-23/h8-15,20-21H,6-7,16-18H2,1-5H3,(H,27,30). The number of carbonyl (C=O) groups excluding carboxylic acids is 2. The number of benzene rings is 2. The van der Waals surface area contributed by atoms with E-state index in [0.29, 0.717) is 19.4 Å². The third-order valence-corrected chi connectivity index (χ3v) is 5.70. The van der Waals surface area contributed by atoms with Crippen LogP contribution in [0.25, 0.3) is 0 Å². The Morgan fingerprint density at radius 2 is 1.47 bits per heavy atom. The highest BCUT2D eigenvalue weighted by atomic mass is 16.2. The molecule has 2 rings (SSSR count). The van der Waals surface area contributed by atoms with E-state index in [4.69, 9.17) is 0 Å². The van der Waals surface area contributed by atoms with Gasteiger partial charge in [0.15, 0.2) is 0 Å². The van der Waals surface area contributed by atoms with E-state index in [9.17, 15) is 9.59 Å². The van der Waals surface area contributed by atoms with Crippen molar-refractivity contribution in [2.24, 2.45) is 0 Å². The van der Waals surface area contributed by atoms with Crippen molar-refractivity contribution in [2.75, 3.05) is 0 Å². The average molecular weight is 409 g/mol. The maximum atomic E-state index is 13.2. The first kappa shape index (κ1) is 23.7. The van der Waals surface area contributed by atoms with Crippen molar-refractivity contribution in [3.63, 3.8) is 0 Å². The molecule has 0 saturated carbocycles.